The Labute approximate surface area is 261 Å². The van der Waals surface area contributed by atoms with Crippen molar-refractivity contribution in [2.75, 3.05) is 0 Å². The molecule has 0 aliphatic carbocycles. The summed E-state index contributed by atoms with van der Waals surface area (Å²) in [6.07, 6.45) is 13.6. The van der Waals surface area contributed by atoms with E-state index in [1.165, 1.54) is 19.3 Å². The Hall–Kier alpha value is -0.239. The molecule has 0 aromatic carbocycles. The van der Waals surface area contributed by atoms with E-state index in [2.05, 4.69) is 62.3 Å². The molecular weight excluding hydrogens is 601 g/mol. The van der Waals surface area contributed by atoms with Crippen molar-refractivity contribution in [3.8, 4) is 0 Å². The molecule has 0 aromatic heterocycles. The van der Waals surface area contributed by atoms with Gasteiger partial charge in [0.15, 0.2) is 0 Å². The molecule has 0 radical (unpaired) electrons. The van der Waals surface area contributed by atoms with E-state index in [0.29, 0.717) is 35.5 Å². The second-order valence-electron chi connectivity index (χ2n) is 13.5. The fourth-order valence-corrected chi connectivity index (χ4v) is 3.32. The SMILES string of the molecule is CC(C)(C)CCCCCC(=O)O.CC(C)(C)CCCCCC(=O)O.CC(C)(C)CCCCCC(=O)O.[Nd]. The molecule has 0 aromatic rings. The molecular formula is C30H60NdO6. The summed E-state index contributed by atoms with van der Waals surface area (Å²) in [4.78, 5) is 30.5. The van der Waals surface area contributed by atoms with Crippen LogP contribution in [0.25, 0.3) is 0 Å². The van der Waals surface area contributed by atoms with Crippen LogP contribution in [0.2, 0.25) is 0 Å². The van der Waals surface area contributed by atoms with Gasteiger partial charge in [0.25, 0.3) is 0 Å². The quantitative estimate of drug-likeness (QED) is 0.151. The second kappa shape index (κ2) is 24.8. The van der Waals surface area contributed by atoms with Gasteiger partial charge in [-0.2, -0.15) is 0 Å². The van der Waals surface area contributed by atoms with Crippen LogP contribution in [0.3, 0.4) is 0 Å². The minimum atomic E-state index is -0.675. The van der Waals surface area contributed by atoms with Gasteiger partial charge in [-0.15, -0.1) is 0 Å². The van der Waals surface area contributed by atoms with Crippen LogP contribution in [-0.2, 0) is 14.4 Å². The van der Waals surface area contributed by atoms with Crippen LogP contribution in [0.1, 0.15) is 159 Å². The first-order valence-electron chi connectivity index (χ1n) is 13.9. The number of carboxylic acids is 3. The fraction of sp³-hybridized carbons (Fsp3) is 0.900. The average Bonchev–Trinajstić information content (AvgIpc) is 2.65. The Balaban J connectivity index is -0.000000218. The van der Waals surface area contributed by atoms with Crippen LogP contribution in [0.5, 0.6) is 0 Å². The Morgan fingerprint density at radius 1 is 0.405 bits per heavy atom. The minimum absolute atomic E-state index is 0. The van der Waals surface area contributed by atoms with Gasteiger partial charge in [0.2, 0.25) is 0 Å². The van der Waals surface area contributed by atoms with Crippen molar-refractivity contribution in [2.24, 2.45) is 16.2 Å². The van der Waals surface area contributed by atoms with E-state index in [1.807, 2.05) is 0 Å². The maximum absolute atomic E-state index is 10.2. The summed E-state index contributed by atoms with van der Waals surface area (Å²) in [5.41, 5.74) is 1.18. The van der Waals surface area contributed by atoms with Crippen molar-refractivity contribution in [2.45, 2.75) is 159 Å². The van der Waals surface area contributed by atoms with Gasteiger partial charge in [-0.05, 0) is 54.8 Å². The van der Waals surface area contributed by atoms with Gasteiger partial charge in [0, 0.05) is 60.1 Å². The maximum atomic E-state index is 10.2. The predicted octanol–water partition coefficient (Wildman–Crippen LogP) is 9.20. The summed E-state index contributed by atoms with van der Waals surface area (Å²) >= 11 is 0. The number of rotatable bonds is 15. The topological polar surface area (TPSA) is 112 Å². The van der Waals surface area contributed by atoms with E-state index in [0.717, 1.165) is 57.8 Å². The molecule has 0 aliphatic heterocycles. The fourth-order valence-electron chi connectivity index (χ4n) is 3.32. The molecule has 0 heterocycles. The molecule has 220 valence electrons. The Morgan fingerprint density at radius 2 is 0.595 bits per heavy atom. The van der Waals surface area contributed by atoms with Crippen molar-refractivity contribution in [1.82, 2.24) is 0 Å². The molecule has 7 heteroatoms. The monoisotopic (exact) mass is 658 g/mol. The molecule has 0 spiro atoms. The van der Waals surface area contributed by atoms with Crippen molar-refractivity contribution >= 4 is 17.9 Å². The van der Waals surface area contributed by atoms with Crippen LogP contribution in [0.15, 0.2) is 0 Å². The van der Waals surface area contributed by atoms with E-state index in [4.69, 9.17) is 15.3 Å². The van der Waals surface area contributed by atoms with Crippen molar-refractivity contribution < 1.29 is 70.5 Å². The van der Waals surface area contributed by atoms with Crippen molar-refractivity contribution in [3.63, 3.8) is 0 Å². The van der Waals surface area contributed by atoms with Crippen LogP contribution in [0.4, 0.5) is 0 Å². The molecule has 0 aliphatic rings. The van der Waals surface area contributed by atoms with E-state index in [1.54, 1.807) is 0 Å². The number of unbranched alkanes of at least 4 members (excludes halogenated alkanes) is 6. The van der Waals surface area contributed by atoms with Gasteiger partial charge in [-0.3, -0.25) is 14.4 Å². The van der Waals surface area contributed by atoms with Gasteiger partial charge >= 0.3 is 17.9 Å². The summed E-state index contributed by atoms with van der Waals surface area (Å²) in [5, 5.41) is 25.1. The average molecular weight is 661 g/mol. The van der Waals surface area contributed by atoms with Gasteiger partial charge in [-0.1, -0.05) is 101 Å². The molecule has 37 heavy (non-hydrogen) atoms. The summed E-state index contributed by atoms with van der Waals surface area (Å²) < 4.78 is 0. The molecule has 0 bridgehead atoms. The van der Waals surface area contributed by atoms with Crippen LogP contribution < -0.4 is 0 Å². The molecule has 0 unspecified atom stereocenters. The zero-order chi connectivity index (χ0) is 28.8. The molecule has 6 nitrogen and oxygen atoms in total. The molecule has 0 amide bonds. The molecule has 0 fully saturated rings. The zero-order valence-corrected chi connectivity index (χ0v) is 28.9. The van der Waals surface area contributed by atoms with Crippen LogP contribution >= 0.6 is 0 Å². The first-order valence-corrected chi connectivity index (χ1v) is 13.9. The third-order valence-electron chi connectivity index (χ3n) is 5.45. The molecule has 0 atom stereocenters. The molecule has 0 rings (SSSR count). The third kappa shape index (κ3) is 56.9. The van der Waals surface area contributed by atoms with E-state index >= 15 is 0 Å². The van der Waals surface area contributed by atoms with Crippen molar-refractivity contribution in [3.05, 3.63) is 0 Å². The maximum Gasteiger partial charge on any atom is 0.303 e. The first-order chi connectivity index (χ1) is 16.2. The van der Waals surface area contributed by atoms with Gasteiger partial charge in [-0.25, -0.2) is 0 Å². The largest absolute Gasteiger partial charge is 0.481 e. The normalized spacial score (nSPS) is 11.3. The van der Waals surface area contributed by atoms with Gasteiger partial charge in [0.1, 0.15) is 0 Å². The van der Waals surface area contributed by atoms with Crippen LogP contribution in [-0.4, -0.2) is 33.2 Å². The molecule has 0 saturated carbocycles. The third-order valence-corrected chi connectivity index (χ3v) is 5.45. The van der Waals surface area contributed by atoms with Crippen LogP contribution in [0, 0.1) is 57.1 Å². The standard InChI is InChI=1S/3C10H20O2.Nd/c3*1-10(2,3)8-6-4-5-7-9(11)12;/h3*4-8H2,1-3H3,(H,11,12);. The number of carboxylic acid groups (broad SMARTS) is 3. The van der Waals surface area contributed by atoms with Gasteiger partial charge in [0.05, 0.1) is 0 Å². The Bertz CT molecular complexity index is 487. The summed E-state index contributed by atoms with van der Waals surface area (Å²) in [6.45, 7) is 19.9. The Kier molecular flexibility index (Phi) is 29.3. The van der Waals surface area contributed by atoms with Gasteiger partial charge < -0.3 is 15.3 Å². The molecule has 0 saturated heterocycles. The number of hydrogen-bond acceptors (Lipinski definition) is 3. The number of aliphatic carboxylic acids is 3. The van der Waals surface area contributed by atoms with E-state index in [9.17, 15) is 14.4 Å². The number of carbonyl (C=O) groups is 3. The first kappa shape index (κ1) is 43.8. The summed E-state index contributed by atoms with van der Waals surface area (Å²) in [6, 6.07) is 0. The summed E-state index contributed by atoms with van der Waals surface area (Å²) in [7, 11) is 0. The smallest absolute Gasteiger partial charge is 0.303 e. The molecule has 3 N–H and O–H groups in total. The number of hydrogen-bond donors (Lipinski definition) is 3. The minimum Gasteiger partial charge on any atom is -0.481 e. The van der Waals surface area contributed by atoms with E-state index in [-0.39, 0.29) is 40.8 Å². The Morgan fingerprint density at radius 3 is 0.730 bits per heavy atom. The van der Waals surface area contributed by atoms with E-state index < -0.39 is 17.9 Å². The predicted molar refractivity (Wildman–Crippen MR) is 151 cm³/mol. The van der Waals surface area contributed by atoms with Crippen molar-refractivity contribution in [1.29, 1.82) is 0 Å². The zero-order valence-electron chi connectivity index (χ0n) is 25.7. The summed E-state index contributed by atoms with van der Waals surface area (Å²) in [5.74, 6) is -2.03. The second-order valence-corrected chi connectivity index (χ2v) is 13.5.